The van der Waals surface area contributed by atoms with Gasteiger partial charge in [0, 0.05) is 86.4 Å². The van der Waals surface area contributed by atoms with Crippen LogP contribution in [0.25, 0.3) is 55.7 Å². The molecule has 0 spiro atoms. The van der Waals surface area contributed by atoms with Crippen molar-refractivity contribution in [3.8, 4) is 44.5 Å². The minimum Gasteiger partial charge on any atom is -0.365 e. The van der Waals surface area contributed by atoms with Gasteiger partial charge in [0.1, 0.15) is 0 Å². The molecule has 25 rings (SSSR count). The summed E-state index contributed by atoms with van der Waals surface area (Å²) in [5, 5.41) is 0. The summed E-state index contributed by atoms with van der Waals surface area (Å²) in [6.07, 6.45) is 51.4. The first-order valence-electron chi connectivity index (χ1n) is 49.5. The van der Waals surface area contributed by atoms with E-state index in [1.807, 2.05) is 0 Å². The Morgan fingerprint density at radius 2 is 0.772 bits per heavy atom. The number of hydrogen-bond donors (Lipinski definition) is 0. The highest BCUT2D eigenvalue weighted by Crippen LogP contribution is 2.64. The summed E-state index contributed by atoms with van der Waals surface area (Å²) in [6.45, 7) is 29.1. The predicted octanol–water partition coefficient (Wildman–Crippen LogP) is 31.2. The van der Waals surface area contributed by atoms with E-state index in [1.165, 1.54) is 275 Å². The van der Waals surface area contributed by atoms with Crippen LogP contribution in [0.2, 0.25) is 0 Å². The number of allylic oxidation sites excluding steroid dienone is 24. The van der Waals surface area contributed by atoms with Gasteiger partial charge in [0.05, 0.1) is 11.4 Å². The molecule has 5 saturated carbocycles. The number of rotatable bonds is 11. The summed E-state index contributed by atoms with van der Waals surface area (Å²) in [7, 11) is 0. The number of anilines is 7. The van der Waals surface area contributed by atoms with Crippen molar-refractivity contribution in [3.05, 3.63) is 345 Å². The van der Waals surface area contributed by atoms with Crippen LogP contribution in [0.1, 0.15) is 233 Å². The number of benzene rings is 9. The van der Waals surface area contributed by atoms with Crippen LogP contribution in [0.3, 0.4) is 0 Å². The lowest BCUT2D eigenvalue weighted by molar-refractivity contribution is 0.0900. The Hall–Kier alpha value is -10.7. The highest BCUT2D eigenvalue weighted by Gasteiger charge is 2.53. The van der Waals surface area contributed by atoms with Crippen molar-refractivity contribution in [3.63, 3.8) is 0 Å². The maximum atomic E-state index is 3.07. The van der Waals surface area contributed by atoms with E-state index in [-0.39, 0.29) is 34.3 Å². The normalized spacial score (nSPS) is 25.0. The second-order valence-electron chi connectivity index (χ2n) is 45.5. The first-order chi connectivity index (χ1) is 61.4. The molecule has 4 heterocycles. The monoisotopic (exact) mass is 1660 g/mol. The smallest absolute Gasteiger partial charge is 0.252 e. The topological polar surface area (TPSA) is 9.72 Å². The molecular formula is C123H126BN3. The molecule has 5 unspecified atom stereocenters. The zero-order valence-corrected chi connectivity index (χ0v) is 77.3. The van der Waals surface area contributed by atoms with Crippen LogP contribution in [0.15, 0.2) is 322 Å². The van der Waals surface area contributed by atoms with Gasteiger partial charge in [0.2, 0.25) is 0 Å². The highest BCUT2D eigenvalue weighted by atomic mass is 15.2. The summed E-state index contributed by atoms with van der Waals surface area (Å²) in [4.78, 5) is 8.98. The standard InChI is InChI=1S/C123H126BN3/c1-120(2,3)92-56-84-43-45-86-58-94(122(7,8)9)70-105-99(66-90(60-92)113(84)115(86)105)82-47-49-107-109(68-82)126(118-101(78-35-23-15-24-36-78)62-88(76-31-19-13-20-32-76)63-102(118)79-37-25-16-26-38-79)111-72-98(125-96-52-74-51-75(54-96)55-97(125)53-74)73-112-117(111)124(107)108-50-48-83(100-67-91-61-93(121(4,5)6)57-85-44-46-87-59-95(123(10,11)12)71-106(100)116(87)114(85)91)69-110(108)127(112)119-103(80-39-27-17-28-40-80)64-89(77-33-21-14-22-34-77)65-104(119)81-41-29-18-30-42-81/h15-18,23-30,35-43,45,47-50,56-57,59-77,86,96-97,113-116H,13-14,19-22,31-34,44,46,51-55,58H2,1-12H3. The van der Waals surface area contributed by atoms with Crippen molar-refractivity contribution in [1.82, 2.24) is 0 Å². The second kappa shape index (κ2) is 30.0. The molecular weight excluding hydrogens is 1530 g/mol. The quantitative estimate of drug-likeness (QED) is 0.120. The Morgan fingerprint density at radius 3 is 1.22 bits per heavy atom. The molecule has 4 aliphatic heterocycles. The molecule has 636 valence electrons. The lowest BCUT2D eigenvalue weighted by Gasteiger charge is -2.58. The average molecular weight is 1660 g/mol. The minimum atomic E-state index is -0.188. The summed E-state index contributed by atoms with van der Waals surface area (Å²) < 4.78 is 0. The number of hydrogen-bond acceptors (Lipinski definition) is 3. The Kier molecular flexibility index (Phi) is 18.8. The molecule has 127 heavy (non-hydrogen) atoms. The van der Waals surface area contributed by atoms with Gasteiger partial charge in [-0.15, -0.1) is 0 Å². The van der Waals surface area contributed by atoms with Crippen LogP contribution in [0.4, 0.5) is 39.8 Å². The molecule has 3 nitrogen and oxygen atoms in total. The van der Waals surface area contributed by atoms with Crippen molar-refractivity contribution >= 4 is 74.1 Å². The molecule has 7 fully saturated rings. The Morgan fingerprint density at radius 1 is 0.346 bits per heavy atom. The molecule has 16 aliphatic rings. The van der Waals surface area contributed by atoms with E-state index in [0.29, 0.717) is 47.6 Å². The van der Waals surface area contributed by atoms with Crippen molar-refractivity contribution in [2.75, 3.05) is 14.7 Å². The fourth-order valence-electron chi connectivity index (χ4n) is 27.3. The largest absolute Gasteiger partial charge is 0.365 e. The molecule has 0 amide bonds. The lowest BCUT2D eigenvalue weighted by atomic mass is 9.33. The van der Waals surface area contributed by atoms with Gasteiger partial charge in [-0.3, -0.25) is 0 Å². The number of nitrogens with zero attached hydrogens (tertiary/aromatic N) is 3. The number of piperidine rings is 2. The third-order valence-corrected chi connectivity index (χ3v) is 33.6. The minimum absolute atomic E-state index is 0.00785. The van der Waals surface area contributed by atoms with Crippen molar-refractivity contribution in [2.24, 2.45) is 63.1 Å². The zero-order valence-electron chi connectivity index (χ0n) is 77.3. The van der Waals surface area contributed by atoms with Crippen LogP contribution < -0.4 is 31.1 Å². The van der Waals surface area contributed by atoms with E-state index in [9.17, 15) is 0 Å². The first kappa shape index (κ1) is 79.7. The Bertz CT molecular complexity index is 6320. The molecule has 2 saturated heterocycles. The van der Waals surface area contributed by atoms with E-state index in [2.05, 4.69) is 359 Å². The molecule has 9 aromatic carbocycles. The van der Waals surface area contributed by atoms with E-state index in [0.717, 1.165) is 31.1 Å². The SMILES string of the molecule is CC(C)(C)C1=CC2=CC(c3ccc4c(c3)N(c3c(-c5ccccc5)cc(C5CCCCC5)cc3-c3ccccc3)c3cc(N5C6CC7CC(C6)CC5C7)cc5c3B4c3ccc(C4=C6C=C(C(C)(C)C)CC7C=CC8=CC(C(C)(C)C)=CC(=C4)C8C67)cc3N5c3c(-c4ccccc4)cc(C4CCCCC4)cc3-c3ccccc3)=C3C=C(C(C)(C)C)C=C4CCC(=C1)C2C43. The van der Waals surface area contributed by atoms with Gasteiger partial charge in [0.15, 0.2) is 0 Å². The zero-order chi connectivity index (χ0) is 86.0. The average Bonchev–Trinajstić information content (AvgIpc) is 0.683. The maximum Gasteiger partial charge on any atom is 0.252 e. The highest BCUT2D eigenvalue weighted by molar-refractivity contribution is 7.00. The lowest BCUT2D eigenvalue weighted by Crippen LogP contribution is -2.62. The Balaban J connectivity index is 0.858. The van der Waals surface area contributed by atoms with Crippen LogP contribution in [0, 0.1) is 63.1 Å². The molecule has 4 heteroatoms. The van der Waals surface area contributed by atoms with Crippen LogP contribution in [-0.2, 0) is 0 Å². The van der Waals surface area contributed by atoms with E-state index in [4.69, 9.17) is 0 Å². The van der Waals surface area contributed by atoms with Gasteiger partial charge in [-0.25, -0.2) is 0 Å². The fraction of sp³-hybridized carbons (Fsp3) is 0.366. The van der Waals surface area contributed by atoms with E-state index in [1.54, 1.807) is 16.7 Å². The van der Waals surface area contributed by atoms with Gasteiger partial charge >= 0.3 is 0 Å². The van der Waals surface area contributed by atoms with Gasteiger partial charge in [-0.05, 0) is 293 Å². The second-order valence-corrected chi connectivity index (χ2v) is 45.5. The van der Waals surface area contributed by atoms with Crippen LogP contribution in [-0.4, -0.2) is 18.8 Å². The first-order valence-corrected chi connectivity index (χ1v) is 49.5. The third-order valence-electron chi connectivity index (χ3n) is 33.6. The summed E-state index contributed by atoms with van der Waals surface area (Å²) >= 11 is 0. The van der Waals surface area contributed by atoms with Gasteiger partial charge in [-0.1, -0.05) is 351 Å². The maximum absolute atomic E-state index is 3.07. The number of fused-ring (bicyclic) bond motifs is 4. The molecule has 5 atom stereocenters. The van der Waals surface area contributed by atoms with Crippen molar-refractivity contribution < 1.29 is 0 Å². The predicted molar refractivity (Wildman–Crippen MR) is 539 cm³/mol. The van der Waals surface area contributed by atoms with Gasteiger partial charge in [0.25, 0.3) is 6.71 Å². The molecule has 0 radical (unpaired) electrons. The third kappa shape index (κ3) is 13.3. The van der Waals surface area contributed by atoms with Gasteiger partial charge in [-0.2, -0.15) is 0 Å². The van der Waals surface area contributed by atoms with Gasteiger partial charge < -0.3 is 14.7 Å². The van der Waals surface area contributed by atoms with E-state index < -0.39 is 0 Å². The fourth-order valence-corrected chi connectivity index (χ4v) is 27.3. The van der Waals surface area contributed by atoms with Crippen molar-refractivity contribution in [2.45, 2.75) is 223 Å². The molecule has 0 aromatic heterocycles. The van der Waals surface area contributed by atoms with Crippen LogP contribution in [0.5, 0.6) is 0 Å². The van der Waals surface area contributed by atoms with Crippen molar-refractivity contribution in [1.29, 1.82) is 0 Å². The molecule has 12 aliphatic carbocycles. The molecule has 9 aromatic rings. The summed E-state index contributed by atoms with van der Waals surface area (Å²) in [6, 6.07) is 80.7. The molecule has 0 N–H and O–H groups in total. The summed E-state index contributed by atoms with van der Waals surface area (Å²) in [5.74, 6) is 4.04. The Labute approximate surface area is 758 Å². The van der Waals surface area contributed by atoms with E-state index >= 15 is 0 Å². The molecule has 4 bridgehead atoms. The van der Waals surface area contributed by atoms with Crippen LogP contribution >= 0.6 is 0 Å². The summed E-state index contributed by atoms with van der Waals surface area (Å²) in [5.41, 5.74) is 48.2.